The van der Waals surface area contributed by atoms with Gasteiger partial charge >= 0.3 is 11.9 Å². The lowest BCUT2D eigenvalue weighted by molar-refractivity contribution is -0.153. The van der Waals surface area contributed by atoms with Crippen LogP contribution in [0.5, 0.6) is 0 Å². The van der Waals surface area contributed by atoms with Gasteiger partial charge in [0, 0.05) is 14.2 Å². The number of rotatable bonds is 5. The standard InChI is InChI=1S/C9H16O4Si.C2H8N2O/c1-4-6-7(10)13-8(11)9(6,5-2)14-12-3;1-4(3)5-2/h6H,4-5,14H2,1-3H3;3H2,1-2H3. The molecular weight excluding hydrogens is 268 g/mol. The predicted molar refractivity (Wildman–Crippen MR) is 72.4 cm³/mol. The molecule has 2 unspecified atom stereocenters. The van der Waals surface area contributed by atoms with Gasteiger partial charge in [-0.15, -0.1) is 5.17 Å². The third kappa shape index (κ3) is 4.36. The van der Waals surface area contributed by atoms with Gasteiger partial charge in [-0.2, -0.15) is 0 Å². The summed E-state index contributed by atoms with van der Waals surface area (Å²) in [7, 11) is 3.66. The number of hydroxylamine groups is 1. The van der Waals surface area contributed by atoms with Crippen molar-refractivity contribution in [1.82, 2.24) is 5.17 Å². The lowest BCUT2D eigenvalue weighted by Crippen LogP contribution is -2.33. The normalized spacial score (nSPS) is 26.8. The van der Waals surface area contributed by atoms with E-state index in [0.29, 0.717) is 12.8 Å². The van der Waals surface area contributed by atoms with Crippen LogP contribution in [-0.2, 0) is 23.6 Å². The molecule has 0 amide bonds. The lowest BCUT2D eigenvalue weighted by atomic mass is 9.89. The van der Waals surface area contributed by atoms with Gasteiger partial charge in [-0.3, -0.25) is 14.4 Å². The molecule has 0 saturated carbocycles. The van der Waals surface area contributed by atoms with Crippen LogP contribution in [0.4, 0.5) is 0 Å². The van der Waals surface area contributed by atoms with Gasteiger partial charge in [-0.25, -0.2) is 5.84 Å². The molecule has 0 aromatic heterocycles. The highest BCUT2D eigenvalue weighted by Crippen LogP contribution is 2.47. The first-order valence-corrected chi connectivity index (χ1v) is 7.45. The van der Waals surface area contributed by atoms with E-state index in [2.05, 4.69) is 4.84 Å². The molecule has 2 atom stereocenters. The zero-order valence-electron chi connectivity index (χ0n) is 12.3. The summed E-state index contributed by atoms with van der Waals surface area (Å²) in [5, 5.41) is 0.514. The number of hydrogen-bond acceptors (Lipinski definition) is 7. The van der Waals surface area contributed by atoms with E-state index in [0.717, 1.165) is 5.17 Å². The molecule has 0 bridgehead atoms. The van der Waals surface area contributed by atoms with Crippen molar-refractivity contribution in [1.29, 1.82) is 0 Å². The molecular formula is C11H24N2O5Si. The Bertz CT molecular complexity index is 313. The van der Waals surface area contributed by atoms with E-state index >= 15 is 0 Å². The average Bonchev–Trinajstić information content (AvgIpc) is 2.61. The van der Waals surface area contributed by atoms with Crippen molar-refractivity contribution in [3.8, 4) is 0 Å². The van der Waals surface area contributed by atoms with Crippen molar-refractivity contribution < 1.29 is 23.6 Å². The van der Waals surface area contributed by atoms with Crippen LogP contribution >= 0.6 is 0 Å². The van der Waals surface area contributed by atoms with Crippen molar-refractivity contribution >= 4 is 21.7 Å². The smallest absolute Gasteiger partial charge is 0.319 e. The SMILES string of the molecule is CCC1C(=O)OC(=O)C1(CC)[SiH2]OC.CON(C)N. The highest BCUT2D eigenvalue weighted by Gasteiger charge is 2.55. The molecule has 1 fully saturated rings. The van der Waals surface area contributed by atoms with Gasteiger partial charge in [-0.05, 0) is 12.8 Å². The van der Waals surface area contributed by atoms with Gasteiger partial charge in [0.25, 0.3) is 0 Å². The van der Waals surface area contributed by atoms with E-state index in [1.54, 1.807) is 14.2 Å². The average molecular weight is 292 g/mol. The zero-order chi connectivity index (χ0) is 15.1. The van der Waals surface area contributed by atoms with Crippen LogP contribution in [0.15, 0.2) is 0 Å². The van der Waals surface area contributed by atoms with Gasteiger partial charge in [0.1, 0.15) is 0 Å². The molecule has 2 N–H and O–H groups in total. The topological polar surface area (TPSA) is 91.1 Å². The second kappa shape index (κ2) is 8.38. The molecule has 7 nitrogen and oxygen atoms in total. The minimum atomic E-state index is -1.04. The van der Waals surface area contributed by atoms with E-state index in [1.165, 1.54) is 7.11 Å². The Labute approximate surface area is 116 Å². The number of cyclic esters (lactones) is 2. The Morgan fingerprint density at radius 3 is 2.26 bits per heavy atom. The molecule has 1 heterocycles. The fourth-order valence-electron chi connectivity index (χ4n) is 2.10. The van der Waals surface area contributed by atoms with E-state index in [1.807, 2.05) is 13.8 Å². The van der Waals surface area contributed by atoms with Gasteiger partial charge < -0.3 is 9.16 Å². The van der Waals surface area contributed by atoms with Gasteiger partial charge in [0.15, 0.2) is 9.76 Å². The molecule has 1 aliphatic heterocycles. The fourth-order valence-corrected chi connectivity index (χ4v) is 3.67. The van der Waals surface area contributed by atoms with Crippen LogP contribution in [0.3, 0.4) is 0 Å². The van der Waals surface area contributed by atoms with Crippen LogP contribution in [0, 0.1) is 5.92 Å². The summed E-state index contributed by atoms with van der Waals surface area (Å²) in [5.41, 5.74) is 0. The Hall–Kier alpha value is -0.803. The Morgan fingerprint density at radius 1 is 1.42 bits per heavy atom. The summed E-state index contributed by atoms with van der Waals surface area (Å²) in [5.74, 6) is 3.88. The number of hydrazine groups is 1. The van der Waals surface area contributed by atoms with Crippen LogP contribution in [0.2, 0.25) is 5.04 Å². The molecule has 0 radical (unpaired) electrons. The van der Waals surface area contributed by atoms with Crippen molar-refractivity contribution in [3.63, 3.8) is 0 Å². The monoisotopic (exact) mass is 292 g/mol. The maximum absolute atomic E-state index is 11.6. The third-order valence-corrected chi connectivity index (χ3v) is 5.37. The first-order valence-electron chi connectivity index (χ1n) is 6.17. The molecule has 0 aromatic carbocycles. The maximum Gasteiger partial charge on any atom is 0.319 e. The molecule has 0 aromatic rings. The third-order valence-electron chi connectivity index (χ3n) is 3.28. The number of nitrogens with zero attached hydrogens (tertiary/aromatic N) is 1. The van der Waals surface area contributed by atoms with E-state index in [4.69, 9.17) is 15.0 Å². The van der Waals surface area contributed by atoms with Gasteiger partial charge in [0.05, 0.1) is 18.1 Å². The van der Waals surface area contributed by atoms with E-state index in [-0.39, 0.29) is 17.9 Å². The summed E-state index contributed by atoms with van der Waals surface area (Å²) in [4.78, 5) is 27.4. The molecule has 19 heavy (non-hydrogen) atoms. The summed E-state index contributed by atoms with van der Waals surface area (Å²) in [6, 6.07) is 0. The lowest BCUT2D eigenvalue weighted by Gasteiger charge is -2.25. The van der Waals surface area contributed by atoms with Crippen molar-refractivity contribution in [2.75, 3.05) is 21.3 Å². The summed E-state index contributed by atoms with van der Waals surface area (Å²) in [6.45, 7) is 3.81. The first kappa shape index (κ1) is 18.2. The van der Waals surface area contributed by atoms with Gasteiger partial charge in [0.2, 0.25) is 0 Å². The molecule has 1 aliphatic rings. The Morgan fingerprint density at radius 2 is 1.95 bits per heavy atom. The number of carbonyl (C=O) groups is 2. The molecule has 0 aliphatic carbocycles. The number of ether oxygens (including phenoxy) is 1. The van der Waals surface area contributed by atoms with Gasteiger partial charge in [-0.1, -0.05) is 13.8 Å². The summed E-state index contributed by atoms with van der Waals surface area (Å²) < 4.78 is 9.86. The highest BCUT2D eigenvalue weighted by molar-refractivity contribution is 6.43. The van der Waals surface area contributed by atoms with Crippen LogP contribution in [0.25, 0.3) is 0 Å². The van der Waals surface area contributed by atoms with Crippen LogP contribution in [0.1, 0.15) is 26.7 Å². The molecule has 8 heteroatoms. The molecule has 112 valence electrons. The largest absolute Gasteiger partial charge is 0.426 e. The number of hydrogen-bond donors (Lipinski definition) is 1. The van der Waals surface area contributed by atoms with Crippen LogP contribution in [-0.4, -0.2) is 48.1 Å². The summed E-state index contributed by atoms with van der Waals surface area (Å²) >= 11 is 0. The number of esters is 2. The predicted octanol–water partition coefficient (Wildman–Crippen LogP) is -0.252. The molecule has 0 spiro atoms. The minimum absolute atomic E-state index is 0.286. The quantitative estimate of drug-likeness (QED) is 0.245. The first-order chi connectivity index (χ1) is 8.89. The minimum Gasteiger partial charge on any atom is -0.426 e. The second-order valence-electron chi connectivity index (χ2n) is 4.34. The Kier molecular flexibility index (Phi) is 8.03. The van der Waals surface area contributed by atoms with Crippen molar-refractivity contribution in [2.45, 2.75) is 31.7 Å². The van der Waals surface area contributed by atoms with Crippen LogP contribution < -0.4 is 5.84 Å². The fraction of sp³-hybridized carbons (Fsp3) is 0.818. The van der Waals surface area contributed by atoms with Crippen molar-refractivity contribution in [2.24, 2.45) is 11.8 Å². The van der Waals surface area contributed by atoms with E-state index < -0.39 is 14.8 Å². The molecule has 1 rings (SSSR count). The number of carbonyl (C=O) groups excluding carboxylic acids is 2. The zero-order valence-corrected chi connectivity index (χ0v) is 13.7. The van der Waals surface area contributed by atoms with Crippen molar-refractivity contribution in [3.05, 3.63) is 0 Å². The van der Waals surface area contributed by atoms with E-state index in [9.17, 15) is 9.59 Å². The highest BCUT2D eigenvalue weighted by atomic mass is 28.2. The second-order valence-corrected chi connectivity index (χ2v) is 6.47. The number of nitrogens with two attached hydrogens (primary N) is 1. The molecule has 1 saturated heterocycles. The maximum atomic E-state index is 11.6. The Balaban J connectivity index is 0.000000555. The summed E-state index contributed by atoms with van der Waals surface area (Å²) in [6.07, 6.45) is 1.28.